The van der Waals surface area contributed by atoms with Gasteiger partial charge < -0.3 is 0 Å². The third-order valence-electron chi connectivity index (χ3n) is 1.54. The van der Waals surface area contributed by atoms with Crippen LogP contribution in [0.4, 0.5) is 0 Å². The molecule has 10 nitrogen and oxygen atoms in total. The first-order valence-electron chi connectivity index (χ1n) is 3.72. The molecule has 0 unspecified atom stereocenters. The van der Waals surface area contributed by atoms with Gasteiger partial charge in [0.15, 0.2) is 0 Å². The van der Waals surface area contributed by atoms with E-state index in [4.69, 9.17) is 16.6 Å². The lowest BCUT2D eigenvalue weighted by Gasteiger charge is -2.34. The number of hydrogen-bond acceptors (Lipinski definition) is 4. The standard InChI is InChI=1S/C4H10N10S/c1-8-15(2-9-12-5,3-10-13-6)4-11-14-7/h8H,2-4H2,1H3. The summed E-state index contributed by atoms with van der Waals surface area (Å²) < 4.78 is 2.91. The Balaban J connectivity index is 4.78. The fourth-order valence-corrected chi connectivity index (χ4v) is 2.18. The maximum absolute atomic E-state index is 8.21. The van der Waals surface area contributed by atoms with Crippen molar-refractivity contribution in [1.82, 2.24) is 4.72 Å². The molecule has 11 heteroatoms. The number of hydrogen-bond donors (Lipinski definition) is 1. The van der Waals surface area contributed by atoms with E-state index >= 15 is 0 Å². The molecule has 82 valence electrons. The Morgan fingerprint density at radius 3 is 1.47 bits per heavy atom. The van der Waals surface area contributed by atoms with Crippen molar-refractivity contribution in [3.8, 4) is 0 Å². The van der Waals surface area contributed by atoms with Crippen LogP contribution in [-0.4, -0.2) is 24.7 Å². The molecule has 0 amide bonds. The normalized spacial score (nSPS) is 14.7. The van der Waals surface area contributed by atoms with Gasteiger partial charge in [0.25, 0.3) is 0 Å². The molecule has 0 atom stereocenters. The zero-order chi connectivity index (χ0) is 11.6. The second kappa shape index (κ2) is 7.63. The summed E-state index contributed by atoms with van der Waals surface area (Å²) in [5.74, 6) is 0.369. The lowest BCUT2D eigenvalue weighted by molar-refractivity contribution is 1.11. The SMILES string of the molecule is CNS(CN=[N+]=[N-])(CN=[N+]=[N-])CN=[N+]=[N-]. The first kappa shape index (κ1) is 13.2. The van der Waals surface area contributed by atoms with Gasteiger partial charge in [-0.25, -0.2) is 0 Å². The van der Waals surface area contributed by atoms with Crippen LogP contribution in [0.1, 0.15) is 0 Å². The molecule has 15 heavy (non-hydrogen) atoms. The minimum Gasteiger partial charge on any atom is -0.283 e. The van der Waals surface area contributed by atoms with Crippen LogP contribution in [0.5, 0.6) is 0 Å². The zero-order valence-corrected chi connectivity index (χ0v) is 8.87. The van der Waals surface area contributed by atoms with E-state index in [9.17, 15) is 0 Å². The maximum atomic E-state index is 8.21. The second-order valence-electron chi connectivity index (χ2n) is 2.33. The van der Waals surface area contributed by atoms with Crippen LogP contribution in [0.25, 0.3) is 31.3 Å². The van der Waals surface area contributed by atoms with Gasteiger partial charge in [-0.15, -0.1) is 0 Å². The van der Waals surface area contributed by atoms with Gasteiger partial charge in [-0.2, -0.15) is 10.2 Å². The topological polar surface area (TPSA) is 158 Å². The van der Waals surface area contributed by atoms with Crippen molar-refractivity contribution in [1.29, 1.82) is 0 Å². The van der Waals surface area contributed by atoms with E-state index in [1.807, 2.05) is 0 Å². The molecule has 0 saturated carbocycles. The predicted octanol–water partition coefficient (Wildman–Crippen LogP) is 2.73. The third kappa shape index (κ3) is 4.87. The average molecular weight is 230 g/mol. The molecule has 0 radical (unpaired) electrons. The summed E-state index contributed by atoms with van der Waals surface area (Å²) in [4.78, 5) is 7.86. The smallest absolute Gasteiger partial charge is 0.0682 e. The Morgan fingerprint density at radius 2 is 1.27 bits per heavy atom. The van der Waals surface area contributed by atoms with E-state index in [1.54, 1.807) is 7.05 Å². The molecule has 0 saturated heterocycles. The van der Waals surface area contributed by atoms with E-state index in [0.29, 0.717) is 0 Å². The van der Waals surface area contributed by atoms with Gasteiger partial charge in [0.1, 0.15) is 0 Å². The lowest BCUT2D eigenvalue weighted by Crippen LogP contribution is -2.23. The van der Waals surface area contributed by atoms with Crippen LogP contribution in [0.2, 0.25) is 0 Å². The van der Waals surface area contributed by atoms with Crippen molar-refractivity contribution >= 4 is 10.2 Å². The van der Waals surface area contributed by atoms with E-state index in [1.165, 1.54) is 0 Å². The van der Waals surface area contributed by atoms with Crippen LogP contribution in [0.3, 0.4) is 0 Å². The Hall–Kier alpha value is -1.76. The van der Waals surface area contributed by atoms with E-state index in [-0.39, 0.29) is 17.6 Å². The Morgan fingerprint density at radius 1 is 0.933 bits per heavy atom. The van der Waals surface area contributed by atoms with E-state index in [2.05, 4.69) is 34.8 Å². The molecule has 0 aromatic heterocycles. The number of rotatable bonds is 7. The monoisotopic (exact) mass is 230 g/mol. The Labute approximate surface area is 87.0 Å². The summed E-state index contributed by atoms with van der Waals surface area (Å²) in [6, 6.07) is 0. The zero-order valence-electron chi connectivity index (χ0n) is 8.05. The predicted molar refractivity (Wildman–Crippen MR) is 58.7 cm³/mol. The molecule has 0 aliphatic carbocycles. The highest BCUT2D eigenvalue weighted by Crippen LogP contribution is 2.43. The molecule has 0 aromatic rings. The van der Waals surface area contributed by atoms with Crippen LogP contribution in [0, 0.1) is 0 Å². The minimum atomic E-state index is -1.73. The molecule has 1 N–H and O–H groups in total. The van der Waals surface area contributed by atoms with Gasteiger partial charge in [0.05, 0.1) is 17.6 Å². The molecule has 0 fully saturated rings. The highest BCUT2D eigenvalue weighted by Gasteiger charge is 2.19. The molecule has 0 aromatic carbocycles. The van der Waals surface area contributed by atoms with Gasteiger partial charge in [-0.3, -0.25) is 4.72 Å². The Kier molecular flexibility index (Phi) is 6.73. The van der Waals surface area contributed by atoms with Crippen molar-refractivity contribution in [3.05, 3.63) is 31.3 Å². The van der Waals surface area contributed by atoms with Gasteiger partial charge >= 0.3 is 0 Å². The first-order valence-corrected chi connectivity index (χ1v) is 5.86. The van der Waals surface area contributed by atoms with Crippen LogP contribution < -0.4 is 4.72 Å². The van der Waals surface area contributed by atoms with Gasteiger partial charge in [0, 0.05) is 14.7 Å². The molecule has 0 spiro atoms. The Bertz CT molecular complexity index is 281. The minimum absolute atomic E-state index is 0.123. The van der Waals surface area contributed by atoms with Crippen LogP contribution in [0.15, 0.2) is 15.3 Å². The van der Waals surface area contributed by atoms with Gasteiger partial charge in [0.2, 0.25) is 0 Å². The van der Waals surface area contributed by atoms with Crippen LogP contribution in [-0.2, 0) is 0 Å². The molecule has 0 rings (SSSR count). The molecular formula is C4H10N10S. The summed E-state index contributed by atoms with van der Waals surface area (Å²) in [6.45, 7) is 0. The third-order valence-corrected chi connectivity index (χ3v) is 4.23. The molecule has 0 aliphatic heterocycles. The number of azide groups is 3. The average Bonchev–Trinajstić information content (AvgIpc) is 2.29. The molecule has 0 heterocycles. The molecule has 0 aliphatic rings. The van der Waals surface area contributed by atoms with Gasteiger partial charge in [-0.1, -0.05) is 15.3 Å². The van der Waals surface area contributed by atoms with Gasteiger partial charge in [-0.05, 0) is 23.6 Å². The molecule has 0 bridgehead atoms. The fourth-order valence-electron chi connectivity index (χ4n) is 0.725. The number of nitrogens with zero attached hydrogens (tertiary/aromatic N) is 9. The highest BCUT2D eigenvalue weighted by molar-refractivity contribution is 8.32. The lowest BCUT2D eigenvalue weighted by atomic mass is 11.4. The summed E-state index contributed by atoms with van der Waals surface area (Å²) in [5, 5.41) is 10.2. The maximum Gasteiger partial charge on any atom is 0.0682 e. The molecular weight excluding hydrogens is 220 g/mol. The van der Waals surface area contributed by atoms with E-state index < -0.39 is 10.2 Å². The van der Waals surface area contributed by atoms with Crippen molar-refractivity contribution in [2.24, 2.45) is 15.3 Å². The highest BCUT2D eigenvalue weighted by atomic mass is 32.3. The second-order valence-corrected chi connectivity index (χ2v) is 5.60. The quantitative estimate of drug-likeness (QED) is 0.397. The summed E-state index contributed by atoms with van der Waals surface area (Å²) >= 11 is 0. The first-order chi connectivity index (χ1) is 7.24. The summed E-state index contributed by atoms with van der Waals surface area (Å²) in [5.41, 5.74) is 24.6. The fraction of sp³-hybridized carbons (Fsp3) is 1.00. The summed E-state index contributed by atoms with van der Waals surface area (Å²) in [7, 11) is -0.0912. The largest absolute Gasteiger partial charge is 0.283 e. The van der Waals surface area contributed by atoms with Crippen molar-refractivity contribution in [3.63, 3.8) is 0 Å². The number of nitrogens with one attached hydrogen (secondary N) is 1. The van der Waals surface area contributed by atoms with Crippen molar-refractivity contribution < 1.29 is 0 Å². The summed E-state index contributed by atoms with van der Waals surface area (Å²) in [6.07, 6.45) is 0. The van der Waals surface area contributed by atoms with Crippen molar-refractivity contribution in [2.45, 2.75) is 0 Å². The van der Waals surface area contributed by atoms with E-state index in [0.717, 1.165) is 0 Å². The van der Waals surface area contributed by atoms with Crippen LogP contribution >= 0.6 is 10.2 Å². The van der Waals surface area contributed by atoms with Crippen molar-refractivity contribution in [2.75, 3.05) is 24.7 Å².